The molecule has 0 aliphatic rings. The number of aromatic carboxylic acids is 1. The fourth-order valence-corrected chi connectivity index (χ4v) is 6.45. The summed E-state index contributed by atoms with van der Waals surface area (Å²) in [7, 11) is 0. The van der Waals surface area contributed by atoms with Gasteiger partial charge in [0.1, 0.15) is 22.3 Å². The quantitative estimate of drug-likeness (QED) is 0.0502. The second-order valence-electron chi connectivity index (χ2n) is 8.78. The first-order chi connectivity index (χ1) is 19.2. The van der Waals surface area contributed by atoms with E-state index in [0.29, 0.717) is 50.0 Å². The summed E-state index contributed by atoms with van der Waals surface area (Å²) in [6.45, 7) is 6.89. The summed E-state index contributed by atoms with van der Waals surface area (Å²) in [5.41, 5.74) is 0.650. The lowest BCUT2D eigenvalue weighted by Crippen LogP contribution is -2.23. The molecule has 1 N–H and O–H groups in total. The minimum Gasteiger partial charge on any atom is -0.478 e. The van der Waals surface area contributed by atoms with Crippen LogP contribution in [0.1, 0.15) is 54.5 Å². The maximum absolute atomic E-state index is 13.3. The molecule has 2 aromatic heterocycles. The fourth-order valence-electron chi connectivity index (χ4n) is 4.23. The molecule has 4 aromatic rings. The molecular formula is C28H26N4O6S2. The Morgan fingerprint density at radius 1 is 1.27 bits per heavy atom. The van der Waals surface area contributed by atoms with Crippen molar-refractivity contribution in [2.45, 2.75) is 38.5 Å². The Balaban J connectivity index is 1.95. The number of unbranched alkanes of at least 4 members (excludes halogenated alkanes) is 1. The number of anilines is 1. The minimum absolute atomic E-state index is 0.0938. The van der Waals surface area contributed by atoms with Gasteiger partial charge in [-0.3, -0.25) is 10.1 Å². The van der Waals surface area contributed by atoms with Crippen LogP contribution in [0.2, 0.25) is 0 Å². The first-order valence-corrected chi connectivity index (χ1v) is 14.5. The van der Waals surface area contributed by atoms with E-state index in [-0.39, 0.29) is 28.0 Å². The number of nitro groups is 1. The molecule has 0 spiro atoms. The van der Waals surface area contributed by atoms with Crippen molar-refractivity contribution in [3.63, 3.8) is 0 Å². The molecule has 0 aliphatic heterocycles. The van der Waals surface area contributed by atoms with Crippen LogP contribution >= 0.6 is 23.1 Å². The van der Waals surface area contributed by atoms with Crippen LogP contribution in [-0.4, -0.2) is 39.8 Å². The van der Waals surface area contributed by atoms with Gasteiger partial charge in [0.2, 0.25) is 0 Å². The summed E-state index contributed by atoms with van der Waals surface area (Å²) in [5.74, 6) is -0.420. The molecule has 0 atom stereocenters. The lowest BCUT2D eigenvalue weighted by Gasteiger charge is -2.21. The molecule has 0 saturated carbocycles. The average molecular weight is 579 g/mol. The second-order valence-corrected chi connectivity index (χ2v) is 10.9. The van der Waals surface area contributed by atoms with E-state index in [1.54, 1.807) is 6.07 Å². The summed E-state index contributed by atoms with van der Waals surface area (Å²) in [6.07, 6.45) is 3.17. The molecule has 2 heterocycles. The van der Waals surface area contributed by atoms with Crippen molar-refractivity contribution < 1.29 is 19.2 Å². The summed E-state index contributed by atoms with van der Waals surface area (Å²) in [4.78, 5) is 43.1. The van der Waals surface area contributed by atoms with Gasteiger partial charge in [-0.05, 0) is 50.3 Å². The number of nitrogens with zero attached hydrogens (tertiary/aromatic N) is 4. The Hall–Kier alpha value is -4.21. The molecule has 0 amide bonds. The number of nitriles is 1. The van der Waals surface area contributed by atoms with Crippen LogP contribution in [-0.2, 0) is 0 Å². The number of carbonyl (C=O) groups is 1. The number of carboxylic acids is 1. The molecule has 40 heavy (non-hydrogen) atoms. The van der Waals surface area contributed by atoms with Crippen LogP contribution in [0.15, 0.2) is 44.4 Å². The lowest BCUT2D eigenvalue weighted by molar-refractivity contribution is -0.384. The number of rotatable bonds is 11. The van der Waals surface area contributed by atoms with Gasteiger partial charge >= 0.3 is 11.6 Å². The van der Waals surface area contributed by atoms with Crippen LogP contribution in [0.4, 0.5) is 11.4 Å². The van der Waals surface area contributed by atoms with Crippen molar-refractivity contribution in [1.82, 2.24) is 4.98 Å². The maximum atomic E-state index is 13.3. The highest BCUT2D eigenvalue weighted by Crippen LogP contribution is 2.39. The molecule has 2 aromatic carbocycles. The highest BCUT2D eigenvalue weighted by molar-refractivity contribution is 7.99. The zero-order chi connectivity index (χ0) is 29.0. The number of thioether (sulfide) groups is 1. The van der Waals surface area contributed by atoms with Crippen molar-refractivity contribution >= 4 is 73.3 Å². The van der Waals surface area contributed by atoms with Crippen LogP contribution in [0.25, 0.3) is 32.8 Å². The minimum atomic E-state index is -1.08. The van der Waals surface area contributed by atoms with Crippen LogP contribution in [0.3, 0.4) is 0 Å². The first kappa shape index (κ1) is 28.8. The number of benzene rings is 2. The van der Waals surface area contributed by atoms with Crippen LogP contribution < -0.4 is 10.5 Å². The average Bonchev–Trinajstić information content (AvgIpc) is 3.36. The normalized spacial score (nSPS) is 11.6. The summed E-state index contributed by atoms with van der Waals surface area (Å²) < 4.78 is 6.26. The van der Waals surface area contributed by atoms with E-state index >= 15 is 0 Å². The van der Waals surface area contributed by atoms with E-state index in [1.807, 2.05) is 25.7 Å². The summed E-state index contributed by atoms with van der Waals surface area (Å²) >= 11 is 2.52. The monoisotopic (exact) mass is 578 g/mol. The summed E-state index contributed by atoms with van der Waals surface area (Å²) in [6, 6.07) is 9.55. The number of fused-ring (bicyclic) bond motifs is 2. The Labute approximate surface area is 237 Å². The molecule has 0 bridgehead atoms. The number of aromatic nitrogens is 1. The predicted octanol–water partition coefficient (Wildman–Crippen LogP) is 6.81. The predicted molar refractivity (Wildman–Crippen MR) is 158 cm³/mol. The number of carboxylic acid groups (broad SMARTS) is 1. The zero-order valence-corrected chi connectivity index (χ0v) is 23.7. The van der Waals surface area contributed by atoms with E-state index in [9.17, 15) is 30.1 Å². The van der Waals surface area contributed by atoms with Gasteiger partial charge in [-0.2, -0.15) is 5.26 Å². The third-order valence-corrected chi connectivity index (χ3v) is 8.58. The van der Waals surface area contributed by atoms with Gasteiger partial charge in [-0.1, -0.05) is 13.3 Å². The molecular weight excluding hydrogens is 552 g/mol. The van der Waals surface area contributed by atoms with Crippen molar-refractivity contribution in [1.29, 1.82) is 5.26 Å². The third-order valence-electron chi connectivity index (χ3n) is 6.31. The van der Waals surface area contributed by atoms with Crippen LogP contribution in [0, 0.1) is 21.4 Å². The Bertz CT molecular complexity index is 1750. The SMILES string of the molecule is CCCCSc1c(/C=C(\C#N)c2nc3ccc(C(=O)O)cc3s2)c(=O)oc2cc(N(CC)CC)c([N+](=O)[O-])cc12. The highest BCUT2D eigenvalue weighted by atomic mass is 32.2. The Morgan fingerprint density at radius 3 is 2.65 bits per heavy atom. The Morgan fingerprint density at radius 2 is 2.02 bits per heavy atom. The van der Waals surface area contributed by atoms with Crippen molar-refractivity contribution in [3.8, 4) is 6.07 Å². The molecule has 206 valence electrons. The van der Waals surface area contributed by atoms with Gasteiger partial charge in [0.15, 0.2) is 0 Å². The van der Waals surface area contributed by atoms with Gasteiger partial charge in [0.25, 0.3) is 5.69 Å². The topological polar surface area (TPSA) is 151 Å². The molecule has 0 fully saturated rings. The number of hydrogen-bond acceptors (Lipinski definition) is 10. The van der Waals surface area contributed by atoms with Crippen molar-refractivity contribution in [2.75, 3.05) is 23.7 Å². The smallest absolute Gasteiger partial charge is 0.344 e. The van der Waals surface area contributed by atoms with Gasteiger partial charge in [-0.25, -0.2) is 14.6 Å². The second kappa shape index (κ2) is 12.3. The lowest BCUT2D eigenvalue weighted by atomic mass is 10.1. The Kier molecular flexibility index (Phi) is 8.86. The largest absolute Gasteiger partial charge is 0.478 e. The number of hydrogen-bond donors (Lipinski definition) is 1. The molecule has 0 radical (unpaired) electrons. The molecule has 0 unspecified atom stereocenters. The van der Waals surface area contributed by atoms with E-state index in [0.717, 1.165) is 24.2 Å². The van der Waals surface area contributed by atoms with Gasteiger partial charge in [0, 0.05) is 35.5 Å². The van der Waals surface area contributed by atoms with Gasteiger partial charge < -0.3 is 14.4 Å². The van der Waals surface area contributed by atoms with E-state index in [1.165, 1.54) is 42.1 Å². The number of nitro benzene ring substituents is 1. The first-order valence-electron chi connectivity index (χ1n) is 12.6. The number of allylic oxidation sites excluding steroid dienone is 1. The maximum Gasteiger partial charge on any atom is 0.344 e. The van der Waals surface area contributed by atoms with Crippen molar-refractivity contribution in [2.24, 2.45) is 0 Å². The third kappa shape index (κ3) is 5.71. The van der Waals surface area contributed by atoms with E-state index in [2.05, 4.69) is 11.1 Å². The fraction of sp³-hybridized carbons (Fsp3) is 0.286. The molecule has 4 rings (SSSR count). The highest BCUT2D eigenvalue weighted by Gasteiger charge is 2.24. The molecule has 10 nitrogen and oxygen atoms in total. The molecule has 12 heteroatoms. The number of thiazole rings is 1. The van der Waals surface area contributed by atoms with Crippen LogP contribution in [0.5, 0.6) is 0 Å². The standard InChI is InChI=1S/C28H26N4O6S2/c1-4-7-10-39-25-18-13-22(32(36)37)21(31(5-2)6-3)14-23(18)38-28(35)19(25)11-17(15-29)26-30-20-9-8-16(27(33)34)12-24(20)40-26/h8-9,11-14H,4-7,10H2,1-3H3,(H,33,34)/b17-11+. The van der Waals surface area contributed by atoms with Gasteiger partial charge in [-0.15, -0.1) is 23.1 Å². The zero-order valence-electron chi connectivity index (χ0n) is 22.1. The van der Waals surface area contributed by atoms with Crippen molar-refractivity contribution in [3.05, 3.63) is 67.0 Å². The van der Waals surface area contributed by atoms with E-state index in [4.69, 9.17) is 4.42 Å². The summed E-state index contributed by atoms with van der Waals surface area (Å²) in [5, 5.41) is 32.1. The van der Waals surface area contributed by atoms with E-state index < -0.39 is 16.5 Å². The molecule has 0 saturated heterocycles. The molecule has 0 aliphatic carbocycles. The van der Waals surface area contributed by atoms with Gasteiger partial charge in [0.05, 0.1) is 31.8 Å².